The van der Waals surface area contributed by atoms with E-state index in [-0.39, 0.29) is 0 Å². The second-order valence-electron chi connectivity index (χ2n) is 4.56. The van der Waals surface area contributed by atoms with Crippen LogP contribution >= 0.6 is 0 Å². The van der Waals surface area contributed by atoms with Gasteiger partial charge in [0.15, 0.2) is 0 Å². The van der Waals surface area contributed by atoms with Gasteiger partial charge in [0.05, 0.1) is 7.11 Å². The molecule has 0 aliphatic carbocycles. The van der Waals surface area contributed by atoms with Crippen molar-refractivity contribution in [3.63, 3.8) is 0 Å². The molecule has 0 radical (unpaired) electrons. The lowest BCUT2D eigenvalue weighted by Crippen LogP contribution is -2.03. The van der Waals surface area contributed by atoms with Crippen molar-refractivity contribution in [1.29, 1.82) is 0 Å². The van der Waals surface area contributed by atoms with E-state index in [4.69, 9.17) is 10.5 Å². The highest BCUT2D eigenvalue weighted by Crippen LogP contribution is 2.22. The molecule has 0 atom stereocenters. The number of methoxy groups -OCH3 is 1. The minimum Gasteiger partial charge on any atom is -0.481 e. The molecule has 0 spiro atoms. The van der Waals surface area contributed by atoms with Crippen LogP contribution in [0.1, 0.15) is 5.82 Å². The summed E-state index contributed by atoms with van der Waals surface area (Å²) in [5.41, 5.74) is 7.40. The minimum absolute atomic E-state index is 0.523. The van der Waals surface area contributed by atoms with Gasteiger partial charge in [0, 0.05) is 29.7 Å². The predicted molar refractivity (Wildman–Crippen MR) is 80.3 cm³/mol. The van der Waals surface area contributed by atoms with Gasteiger partial charge >= 0.3 is 0 Å². The highest BCUT2D eigenvalue weighted by molar-refractivity contribution is 5.61. The van der Waals surface area contributed by atoms with Crippen molar-refractivity contribution in [3.8, 4) is 23.1 Å². The first-order chi connectivity index (χ1) is 10.2. The molecule has 0 bridgehead atoms. The van der Waals surface area contributed by atoms with Crippen molar-refractivity contribution >= 4 is 5.69 Å². The Bertz CT molecular complexity index is 764. The molecule has 6 heteroatoms. The number of anilines is 1. The first kappa shape index (κ1) is 13.1. The average molecular weight is 281 g/mol. The van der Waals surface area contributed by atoms with Gasteiger partial charge in [-0.25, -0.2) is 9.97 Å². The SMILES string of the molecule is COc1cc(-n2ccnc2-c2ccc(N)cc2)nc(C)n1. The number of rotatable bonds is 3. The summed E-state index contributed by atoms with van der Waals surface area (Å²) >= 11 is 0. The van der Waals surface area contributed by atoms with Gasteiger partial charge in [-0.1, -0.05) is 0 Å². The molecule has 0 amide bonds. The molecule has 0 unspecified atom stereocenters. The van der Waals surface area contributed by atoms with E-state index in [9.17, 15) is 0 Å². The second-order valence-corrected chi connectivity index (χ2v) is 4.56. The third-order valence-corrected chi connectivity index (χ3v) is 3.07. The van der Waals surface area contributed by atoms with Gasteiger partial charge in [-0.3, -0.25) is 4.57 Å². The Hall–Kier alpha value is -2.89. The number of imidazole rings is 1. The fourth-order valence-corrected chi connectivity index (χ4v) is 2.09. The van der Waals surface area contributed by atoms with Crippen molar-refractivity contribution < 1.29 is 4.74 Å². The maximum Gasteiger partial charge on any atom is 0.218 e. The van der Waals surface area contributed by atoms with Gasteiger partial charge in [-0.2, -0.15) is 4.98 Å². The van der Waals surface area contributed by atoms with Crippen molar-refractivity contribution in [2.45, 2.75) is 6.92 Å². The number of hydrogen-bond donors (Lipinski definition) is 1. The minimum atomic E-state index is 0.523. The van der Waals surface area contributed by atoms with E-state index in [1.807, 2.05) is 42.0 Å². The van der Waals surface area contributed by atoms with E-state index in [2.05, 4.69) is 15.0 Å². The molecular weight excluding hydrogens is 266 g/mol. The number of hydrogen-bond acceptors (Lipinski definition) is 5. The van der Waals surface area contributed by atoms with Crippen LogP contribution in [-0.2, 0) is 0 Å². The van der Waals surface area contributed by atoms with E-state index in [0.29, 0.717) is 17.5 Å². The Balaban J connectivity index is 2.10. The van der Waals surface area contributed by atoms with Gasteiger partial charge in [-0.15, -0.1) is 0 Å². The Morgan fingerprint density at radius 2 is 1.90 bits per heavy atom. The van der Waals surface area contributed by atoms with Crippen LogP contribution in [0.25, 0.3) is 17.2 Å². The lowest BCUT2D eigenvalue weighted by molar-refractivity contribution is 0.395. The van der Waals surface area contributed by atoms with E-state index in [1.165, 1.54) is 0 Å². The zero-order valence-electron chi connectivity index (χ0n) is 11.8. The summed E-state index contributed by atoms with van der Waals surface area (Å²) in [6.07, 6.45) is 3.59. The highest BCUT2D eigenvalue weighted by Gasteiger charge is 2.10. The van der Waals surface area contributed by atoms with Crippen molar-refractivity contribution in [1.82, 2.24) is 19.5 Å². The molecule has 0 aliphatic heterocycles. The molecule has 0 fully saturated rings. The van der Waals surface area contributed by atoms with Gasteiger partial charge < -0.3 is 10.5 Å². The molecule has 106 valence electrons. The Kier molecular flexibility index (Phi) is 3.27. The van der Waals surface area contributed by atoms with E-state index in [0.717, 1.165) is 17.1 Å². The van der Waals surface area contributed by atoms with Crippen molar-refractivity contribution in [3.05, 3.63) is 48.5 Å². The van der Waals surface area contributed by atoms with Crippen LogP contribution in [0.2, 0.25) is 0 Å². The Labute approximate surface area is 122 Å². The van der Waals surface area contributed by atoms with Crippen LogP contribution in [0.3, 0.4) is 0 Å². The largest absolute Gasteiger partial charge is 0.481 e. The van der Waals surface area contributed by atoms with Gasteiger partial charge in [0.2, 0.25) is 5.88 Å². The molecule has 0 saturated heterocycles. The second kappa shape index (κ2) is 5.24. The zero-order valence-corrected chi connectivity index (χ0v) is 11.8. The zero-order chi connectivity index (χ0) is 14.8. The van der Waals surface area contributed by atoms with E-state index < -0.39 is 0 Å². The summed E-state index contributed by atoms with van der Waals surface area (Å²) in [7, 11) is 1.58. The third-order valence-electron chi connectivity index (χ3n) is 3.07. The number of nitrogens with zero attached hydrogens (tertiary/aromatic N) is 4. The maximum absolute atomic E-state index is 5.72. The number of nitrogens with two attached hydrogens (primary N) is 1. The van der Waals surface area contributed by atoms with Crippen molar-refractivity contribution in [2.75, 3.05) is 12.8 Å². The Morgan fingerprint density at radius 1 is 1.14 bits per heavy atom. The summed E-state index contributed by atoms with van der Waals surface area (Å²) in [5, 5.41) is 0. The molecule has 2 aromatic heterocycles. The number of aromatic nitrogens is 4. The van der Waals surface area contributed by atoms with Crippen LogP contribution in [-0.4, -0.2) is 26.6 Å². The van der Waals surface area contributed by atoms with Crippen LogP contribution in [0.4, 0.5) is 5.69 Å². The maximum atomic E-state index is 5.72. The molecule has 0 saturated carbocycles. The lowest BCUT2D eigenvalue weighted by atomic mass is 10.2. The molecule has 21 heavy (non-hydrogen) atoms. The molecular formula is C15H15N5O. The summed E-state index contributed by atoms with van der Waals surface area (Å²) in [5.74, 6) is 2.66. The monoisotopic (exact) mass is 281 g/mol. The van der Waals surface area contributed by atoms with Gasteiger partial charge in [0.1, 0.15) is 17.5 Å². The Morgan fingerprint density at radius 3 is 2.62 bits per heavy atom. The quantitative estimate of drug-likeness (QED) is 0.745. The molecule has 2 N–H and O–H groups in total. The molecule has 0 aliphatic rings. The van der Waals surface area contributed by atoms with E-state index >= 15 is 0 Å². The van der Waals surface area contributed by atoms with Crippen LogP contribution in [0.15, 0.2) is 42.7 Å². The van der Waals surface area contributed by atoms with Crippen LogP contribution in [0, 0.1) is 6.92 Å². The topological polar surface area (TPSA) is 78.9 Å². The summed E-state index contributed by atoms with van der Waals surface area (Å²) in [4.78, 5) is 13.0. The number of benzene rings is 1. The van der Waals surface area contributed by atoms with Crippen LogP contribution in [0.5, 0.6) is 5.88 Å². The van der Waals surface area contributed by atoms with Gasteiger partial charge in [0.25, 0.3) is 0 Å². The first-order valence-corrected chi connectivity index (χ1v) is 6.46. The molecule has 3 rings (SSSR count). The predicted octanol–water partition coefficient (Wildman–Crippen LogP) is 2.23. The van der Waals surface area contributed by atoms with E-state index in [1.54, 1.807) is 19.4 Å². The summed E-state index contributed by atoms with van der Waals surface area (Å²) in [6, 6.07) is 9.33. The average Bonchev–Trinajstić information content (AvgIpc) is 2.97. The fourth-order valence-electron chi connectivity index (χ4n) is 2.09. The summed E-state index contributed by atoms with van der Waals surface area (Å²) in [6.45, 7) is 1.83. The molecule has 1 aromatic carbocycles. The lowest BCUT2D eigenvalue weighted by Gasteiger charge is -2.09. The number of nitrogen functional groups attached to an aromatic ring is 1. The number of ether oxygens (including phenoxy) is 1. The van der Waals surface area contributed by atoms with Gasteiger partial charge in [-0.05, 0) is 31.2 Å². The van der Waals surface area contributed by atoms with Crippen LogP contribution < -0.4 is 10.5 Å². The molecule has 3 aromatic rings. The van der Waals surface area contributed by atoms with Crippen molar-refractivity contribution in [2.24, 2.45) is 0 Å². The molecule has 2 heterocycles. The highest BCUT2D eigenvalue weighted by atomic mass is 16.5. The smallest absolute Gasteiger partial charge is 0.218 e. The fraction of sp³-hybridized carbons (Fsp3) is 0.133. The number of aryl methyl sites for hydroxylation is 1. The molecule has 6 nitrogen and oxygen atoms in total. The normalized spacial score (nSPS) is 10.6. The summed E-state index contributed by atoms with van der Waals surface area (Å²) < 4.78 is 7.09. The first-order valence-electron chi connectivity index (χ1n) is 6.46. The third kappa shape index (κ3) is 2.55. The standard InChI is InChI=1S/C15H15N5O/c1-10-18-13(9-14(19-10)21-2)20-8-7-17-15(20)11-3-5-12(16)6-4-11/h3-9H,16H2,1-2H3.